The van der Waals surface area contributed by atoms with Crippen LogP contribution in [0.2, 0.25) is 0 Å². The van der Waals surface area contributed by atoms with Gasteiger partial charge in [0.05, 0.1) is 13.2 Å². The zero-order valence-electron chi connectivity index (χ0n) is 31.5. The van der Waals surface area contributed by atoms with Gasteiger partial charge in [-0.05, 0) is 84.7 Å². The molecule has 0 saturated heterocycles. The lowest BCUT2D eigenvalue weighted by molar-refractivity contribution is 0.228. The number of ether oxygens (including phenoxy) is 2. The lowest BCUT2D eigenvalue weighted by atomic mass is 9.78. The Kier molecular flexibility index (Phi) is 19.6. The van der Waals surface area contributed by atoms with E-state index in [1.54, 1.807) is 0 Å². The molecule has 0 heterocycles. The first-order valence-corrected chi connectivity index (χ1v) is 21.2. The molecule has 2 aromatic carbocycles. The molecule has 270 valence electrons. The van der Waals surface area contributed by atoms with Gasteiger partial charge in [-0.3, -0.25) is 0 Å². The van der Waals surface area contributed by atoms with Gasteiger partial charge in [0.2, 0.25) is 0 Å². The summed E-state index contributed by atoms with van der Waals surface area (Å²) in [5.74, 6) is 5.85. The molecule has 4 rings (SSSR count). The van der Waals surface area contributed by atoms with Crippen LogP contribution >= 0.6 is 0 Å². The molecule has 2 aliphatic carbocycles. The molecular formula is C46H74O2. The van der Waals surface area contributed by atoms with Crippen LogP contribution in [0, 0.1) is 23.7 Å². The van der Waals surface area contributed by atoms with E-state index >= 15 is 0 Å². The molecule has 0 N–H and O–H groups in total. The summed E-state index contributed by atoms with van der Waals surface area (Å²) >= 11 is 0. The molecule has 0 aliphatic heterocycles. The van der Waals surface area contributed by atoms with E-state index in [1.807, 2.05) is 0 Å². The third-order valence-electron chi connectivity index (χ3n) is 12.0. The van der Waals surface area contributed by atoms with E-state index in [1.165, 1.54) is 178 Å². The van der Waals surface area contributed by atoms with Crippen LogP contribution in [-0.4, -0.2) is 13.2 Å². The summed E-state index contributed by atoms with van der Waals surface area (Å²) in [6.07, 6.45) is 36.8. The molecule has 48 heavy (non-hydrogen) atoms. The predicted molar refractivity (Wildman–Crippen MR) is 208 cm³/mol. The quantitative estimate of drug-likeness (QED) is 0.0988. The minimum Gasteiger partial charge on any atom is -0.494 e. The van der Waals surface area contributed by atoms with E-state index < -0.39 is 0 Å². The fourth-order valence-electron chi connectivity index (χ4n) is 8.66. The van der Waals surface area contributed by atoms with Gasteiger partial charge in [-0.15, -0.1) is 0 Å². The summed E-state index contributed by atoms with van der Waals surface area (Å²) in [4.78, 5) is 0. The standard InChI is InChI=1S/C46H74O2/c1-3-5-7-9-11-13-17-39-21-25-41(26-22-39)19-15-37-47-45-33-29-43(30-34-45)44-31-35-46(36-32-44)48-38-16-20-42-27-23-40(24-28-42)18-14-12-10-8-6-4-2/h29-36,39-42H,3-28,37-38H2,1-2H3. The van der Waals surface area contributed by atoms with Crippen molar-refractivity contribution in [2.24, 2.45) is 23.7 Å². The van der Waals surface area contributed by atoms with Crippen LogP contribution in [0.3, 0.4) is 0 Å². The fourth-order valence-corrected chi connectivity index (χ4v) is 8.66. The zero-order chi connectivity index (χ0) is 33.5. The Labute approximate surface area is 297 Å². The highest BCUT2D eigenvalue weighted by Crippen LogP contribution is 2.36. The molecule has 2 fully saturated rings. The molecule has 0 radical (unpaired) electrons. The fraction of sp³-hybridized carbons (Fsp3) is 0.739. The van der Waals surface area contributed by atoms with Gasteiger partial charge in [-0.2, -0.15) is 0 Å². The first-order valence-electron chi connectivity index (χ1n) is 21.2. The zero-order valence-corrected chi connectivity index (χ0v) is 31.5. The van der Waals surface area contributed by atoms with Crippen molar-refractivity contribution in [2.75, 3.05) is 13.2 Å². The summed E-state index contributed by atoms with van der Waals surface area (Å²) < 4.78 is 12.3. The van der Waals surface area contributed by atoms with E-state index in [2.05, 4.69) is 62.4 Å². The van der Waals surface area contributed by atoms with Crippen LogP contribution in [0.5, 0.6) is 11.5 Å². The van der Waals surface area contributed by atoms with E-state index in [-0.39, 0.29) is 0 Å². The summed E-state index contributed by atoms with van der Waals surface area (Å²) in [7, 11) is 0. The van der Waals surface area contributed by atoms with Crippen molar-refractivity contribution < 1.29 is 9.47 Å². The van der Waals surface area contributed by atoms with Gasteiger partial charge in [0.15, 0.2) is 0 Å². The Morgan fingerprint density at radius 2 is 0.667 bits per heavy atom. The van der Waals surface area contributed by atoms with Crippen molar-refractivity contribution in [1.82, 2.24) is 0 Å². The maximum absolute atomic E-state index is 6.14. The number of unbranched alkanes of at least 4 members (excludes halogenated alkanes) is 10. The van der Waals surface area contributed by atoms with Crippen molar-refractivity contribution in [3.63, 3.8) is 0 Å². The van der Waals surface area contributed by atoms with Crippen LogP contribution in [0.25, 0.3) is 11.1 Å². The topological polar surface area (TPSA) is 18.5 Å². The van der Waals surface area contributed by atoms with Gasteiger partial charge in [0.25, 0.3) is 0 Å². The lowest BCUT2D eigenvalue weighted by Crippen LogP contribution is -2.15. The van der Waals surface area contributed by atoms with Crippen molar-refractivity contribution in [2.45, 2.75) is 181 Å². The van der Waals surface area contributed by atoms with Crippen LogP contribution < -0.4 is 9.47 Å². The van der Waals surface area contributed by atoms with Crippen molar-refractivity contribution in [3.05, 3.63) is 48.5 Å². The molecule has 2 saturated carbocycles. The highest BCUT2D eigenvalue weighted by molar-refractivity contribution is 5.64. The average Bonchev–Trinajstić information content (AvgIpc) is 3.13. The summed E-state index contributed by atoms with van der Waals surface area (Å²) in [6, 6.07) is 17.3. The van der Waals surface area contributed by atoms with Gasteiger partial charge in [0.1, 0.15) is 11.5 Å². The summed E-state index contributed by atoms with van der Waals surface area (Å²) in [5.41, 5.74) is 2.47. The Morgan fingerprint density at radius 3 is 1.00 bits per heavy atom. The third-order valence-corrected chi connectivity index (χ3v) is 12.0. The average molecular weight is 659 g/mol. The monoisotopic (exact) mass is 659 g/mol. The molecule has 0 aromatic heterocycles. The van der Waals surface area contributed by atoms with Gasteiger partial charge >= 0.3 is 0 Å². The van der Waals surface area contributed by atoms with E-state index in [0.717, 1.165) is 48.4 Å². The minimum absolute atomic E-state index is 0.837. The van der Waals surface area contributed by atoms with Crippen LogP contribution in [-0.2, 0) is 0 Å². The smallest absolute Gasteiger partial charge is 0.119 e. The maximum Gasteiger partial charge on any atom is 0.119 e. The summed E-state index contributed by atoms with van der Waals surface area (Å²) in [6.45, 7) is 6.29. The van der Waals surface area contributed by atoms with E-state index in [4.69, 9.17) is 9.47 Å². The van der Waals surface area contributed by atoms with Crippen molar-refractivity contribution in [3.8, 4) is 22.6 Å². The molecule has 0 amide bonds. The van der Waals surface area contributed by atoms with E-state index in [9.17, 15) is 0 Å². The van der Waals surface area contributed by atoms with Gasteiger partial charge in [-0.25, -0.2) is 0 Å². The molecule has 2 heteroatoms. The Balaban J connectivity index is 1.01. The number of hydrogen-bond acceptors (Lipinski definition) is 2. The minimum atomic E-state index is 0.837. The highest BCUT2D eigenvalue weighted by atomic mass is 16.5. The first kappa shape index (κ1) is 38.8. The predicted octanol–water partition coefficient (Wildman–Crippen LogP) is 14.8. The maximum atomic E-state index is 6.14. The Hall–Kier alpha value is -1.96. The number of benzene rings is 2. The lowest BCUT2D eigenvalue weighted by Gasteiger charge is -2.28. The summed E-state index contributed by atoms with van der Waals surface area (Å²) in [5, 5.41) is 0. The Morgan fingerprint density at radius 1 is 0.375 bits per heavy atom. The number of hydrogen-bond donors (Lipinski definition) is 0. The molecule has 0 bridgehead atoms. The molecule has 2 aromatic rings. The first-order chi connectivity index (χ1) is 23.7. The van der Waals surface area contributed by atoms with Crippen molar-refractivity contribution >= 4 is 0 Å². The third kappa shape index (κ3) is 15.7. The molecule has 2 nitrogen and oxygen atoms in total. The van der Waals surface area contributed by atoms with Crippen molar-refractivity contribution in [1.29, 1.82) is 0 Å². The van der Waals surface area contributed by atoms with Crippen LogP contribution in [0.15, 0.2) is 48.5 Å². The molecule has 0 unspecified atom stereocenters. The van der Waals surface area contributed by atoms with Gasteiger partial charge < -0.3 is 9.47 Å². The number of rotatable bonds is 25. The second-order valence-corrected chi connectivity index (χ2v) is 15.9. The van der Waals surface area contributed by atoms with Crippen LogP contribution in [0.1, 0.15) is 181 Å². The molecule has 0 spiro atoms. The molecular weight excluding hydrogens is 585 g/mol. The largest absolute Gasteiger partial charge is 0.494 e. The van der Waals surface area contributed by atoms with Gasteiger partial charge in [0, 0.05) is 0 Å². The normalized spacial score (nSPS) is 21.3. The molecule has 2 aliphatic rings. The van der Waals surface area contributed by atoms with Gasteiger partial charge in [-0.1, -0.05) is 179 Å². The highest BCUT2D eigenvalue weighted by Gasteiger charge is 2.21. The Bertz CT molecular complexity index is 941. The second kappa shape index (κ2) is 24.2. The second-order valence-electron chi connectivity index (χ2n) is 15.9. The molecule has 0 atom stereocenters. The SMILES string of the molecule is CCCCCCCCC1CCC(CCCOc2ccc(-c3ccc(OCCCC4CCC(CCCCCCCC)CC4)cc3)cc2)CC1. The van der Waals surface area contributed by atoms with Crippen LogP contribution in [0.4, 0.5) is 0 Å². The van der Waals surface area contributed by atoms with E-state index in [0.29, 0.717) is 0 Å².